The van der Waals surface area contributed by atoms with Crippen LogP contribution < -0.4 is 5.73 Å². The van der Waals surface area contributed by atoms with Crippen LogP contribution in [0, 0.1) is 17.2 Å². The Morgan fingerprint density at radius 2 is 1.95 bits per heavy atom. The zero-order chi connectivity index (χ0) is 14.6. The molecule has 3 nitrogen and oxygen atoms in total. The Labute approximate surface area is 122 Å². The predicted octanol–water partition coefficient (Wildman–Crippen LogP) is 2.87. The van der Waals surface area contributed by atoms with Gasteiger partial charge in [-0.2, -0.15) is 5.26 Å². The molecule has 1 aromatic rings. The monoisotopic (exact) mass is 271 g/mol. The smallest absolute Gasteiger partial charge is 0.142 e. The molecule has 1 aliphatic carbocycles. The number of rotatable bonds is 4. The lowest BCUT2D eigenvalue weighted by Crippen LogP contribution is -2.50. The third kappa shape index (κ3) is 3.20. The van der Waals surface area contributed by atoms with Gasteiger partial charge < -0.3 is 5.73 Å². The van der Waals surface area contributed by atoms with E-state index >= 15 is 0 Å². The molecule has 3 heteroatoms. The lowest BCUT2D eigenvalue weighted by molar-refractivity contribution is 0.123. The Bertz CT molecular complexity index is 465. The van der Waals surface area contributed by atoms with Crippen LogP contribution in [-0.2, 0) is 5.54 Å². The SMILES string of the molecule is CC1CCCCC1N(C)CC(N)(C#N)c1ccccc1. The zero-order valence-electron chi connectivity index (χ0n) is 12.5. The summed E-state index contributed by atoms with van der Waals surface area (Å²) in [6.07, 6.45) is 5.11. The van der Waals surface area contributed by atoms with Gasteiger partial charge in [0, 0.05) is 12.6 Å². The number of nitrogens with two attached hydrogens (primary N) is 1. The minimum absolute atomic E-state index is 0.545. The van der Waals surface area contributed by atoms with E-state index in [0.29, 0.717) is 18.5 Å². The number of benzene rings is 1. The predicted molar refractivity (Wildman–Crippen MR) is 82.0 cm³/mol. The van der Waals surface area contributed by atoms with Gasteiger partial charge in [0.15, 0.2) is 0 Å². The van der Waals surface area contributed by atoms with Gasteiger partial charge in [0.05, 0.1) is 6.07 Å². The maximum Gasteiger partial charge on any atom is 0.142 e. The summed E-state index contributed by atoms with van der Waals surface area (Å²) in [6, 6.07) is 12.6. The summed E-state index contributed by atoms with van der Waals surface area (Å²) in [5.41, 5.74) is 6.35. The number of hydrogen-bond acceptors (Lipinski definition) is 3. The Morgan fingerprint density at radius 1 is 1.30 bits per heavy atom. The van der Waals surface area contributed by atoms with Gasteiger partial charge >= 0.3 is 0 Å². The molecule has 1 aliphatic rings. The van der Waals surface area contributed by atoms with Crippen molar-refractivity contribution < 1.29 is 0 Å². The van der Waals surface area contributed by atoms with Crippen molar-refractivity contribution in [3.63, 3.8) is 0 Å². The van der Waals surface area contributed by atoms with Crippen molar-refractivity contribution in [2.24, 2.45) is 11.7 Å². The highest BCUT2D eigenvalue weighted by atomic mass is 15.2. The quantitative estimate of drug-likeness (QED) is 0.916. The van der Waals surface area contributed by atoms with Crippen molar-refractivity contribution in [3.8, 4) is 6.07 Å². The molecule has 0 radical (unpaired) electrons. The van der Waals surface area contributed by atoms with E-state index in [4.69, 9.17) is 5.73 Å². The number of nitriles is 1. The fourth-order valence-corrected chi connectivity index (χ4v) is 3.39. The standard InChI is InChI=1S/C17H25N3/c1-14-8-6-7-11-16(14)20(2)13-17(19,12-18)15-9-4-3-5-10-15/h3-5,9-10,14,16H,6-8,11,13,19H2,1-2H3. The van der Waals surface area contributed by atoms with Crippen LogP contribution in [0.25, 0.3) is 0 Å². The van der Waals surface area contributed by atoms with Crippen molar-refractivity contribution >= 4 is 0 Å². The third-order valence-electron chi connectivity index (χ3n) is 4.62. The van der Waals surface area contributed by atoms with Crippen LogP contribution in [0.1, 0.15) is 38.2 Å². The minimum atomic E-state index is -0.923. The van der Waals surface area contributed by atoms with Gasteiger partial charge in [-0.15, -0.1) is 0 Å². The molecular weight excluding hydrogens is 246 g/mol. The number of likely N-dealkylation sites (N-methyl/N-ethyl adjacent to an activating group) is 1. The summed E-state index contributed by atoms with van der Waals surface area (Å²) >= 11 is 0. The van der Waals surface area contributed by atoms with Crippen molar-refractivity contribution in [1.29, 1.82) is 5.26 Å². The second-order valence-electron chi connectivity index (χ2n) is 6.19. The zero-order valence-corrected chi connectivity index (χ0v) is 12.5. The molecule has 3 atom stereocenters. The van der Waals surface area contributed by atoms with Gasteiger partial charge in [-0.1, -0.05) is 50.1 Å². The molecule has 1 saturated carbocycles. The van der Waals surface area contributed by atoms with E-state index in [1.54, 1.807) is 0 Å². The van der Waals surface area contributed by atoms with E-state index in [9.17, 15) is 5.26 Å². The highest BCUT2D eigenvalue weighted by Crippen LogP contribution is 2.29. The fraction of sp³-hybridized carbons (Fsp3) is 0.588. The molecular formula is C17H25N3. The molecule has 0 bridgehead atoms. The topological polar surface area (TPSA) is 53.0 Å². The summed E-state index contributed by atoms with van der Waals surface area (Å²) < 4.78 is 0. The molecule has 1 aromatic carbocycles. The Kier molecular flexibility index (Phi) is 4.80. The first kappa shape index (κ1) is 15.0. The molecule has 1 fully saturated rings. The molecule has 3 unspecified atom stereocenters. The first-order valence-electron chi connectivity index (χ1n) is 7.53. The van der Waals surface area contributed by atoms with Crippen LogP contribution in [0.5, 0.6) is 0 Å². The number of hydrogen-bond donors (Lipinski definition) is 1. The first-order valence-corrected chi connectivity index (χ1v) is 7.53. The van der Waals surface area contributed by atoms with Crippen LogP contribution >= 0.6 is 0 Å². The lowest BCUT2D eigenvalue weighted by atomic mass is 9.83. The normalized spacial score (nSPS) is 25.9. The van der Waals surface area contributed by atoms with Crippen LogP contribution in [0.3, 0.4) is 0 Å². The van der Waals surface area contributed by atoms with E-state index in [-0.39, 0.29) is 0 Å². The van der Waals surface area contributed by atoms with Crippen molar-refractivity contribution in [3.05, 3.63) is 35.9 Å². The highest BCUT2D eigenvalue weighted by Gasteiger charge is 2.33. The van der Waals surface area contributed by atoms with Crippen LogP contribution in [0.4, 0.5) is 0 Å². The molecule has 0 aromatic heterocycles. The van der Waals surface area contributed by atoms with Gasteiger partial charge in [0.1, 0.15) is 5.54 Å². The molecule has 0 amide bonds. The Morgan fingerprint density at radius 3 is 2.55 bits per heavy atom. The van der Waals surface area contributed by atoms with Crippen molar-refractivity contribution in [1.82, 2.24) is 4.90 Å². The van der Waals surface area contributed by atoms with Gasteiger partial charge in [0.2, 0.25) is 0 Å². The Hall–Kier alpha value is -1.37. The van der Waals surface area contributed by atoms with E-state index in [1.165, 1.54) is 25.7 Å². The van der Waals surface area contributed by atoms with E-state index < -0.39 is 5.54 Å². The van der Waals surface area contributed by atoms with Gasteiger partial charge in [0.25, 0.3) is 0 Å². The minimum Gasteiger partial charge on any atom is -0.309 e. The number of nitrogens with zero attached hydrogens (tertiary/aromatic N) is 2. The maximum absolute atomic E-state index is 9.55. The highest BCUT2D eigenvalue weighted by molar-refractivity contribution is 5.31. The molecule has 2 N–H and O–H groups in total. The molecule has 108 valence electrons. The van der Waals surface area contributed by atoms with Gasteiger partial charge in [-0.3, -0.25) is 4.90 Å². The van der Waals surface area contributed by atoms with Crippen LogP contribution in [-0.4, -0.2) is 24.5 Å². The molecule has 0 aliphatic heterocycles. The van der Waals surface area contributed by atoms with Crippen LogP contribution in [0.15, 0.2) is 30.3 Å². The van der Waals surface area contributed by atoms with Gasteiger partial charge in [-0.05, 0) is 31.4 Å². The Balaban J connectivity index is 2.12. The maximum atomic E-state index is 9.55. The molecule has 0 heterocycles. The first-order chi connectivity index (χ1) is 9.57. The average Bonchev–Trinajstić information content (AvgIpc) is 2.48. The van der Waals surface area contributed by atoms with E-state index in [1.807, 2.05) is 30.3 Å². The summed E-state index contributed by atoms with van der Waals surface area (Å²) in [5, 5.41) is 9.55. The molecule has 0 spiro atoms. The van der Waals surface area contributed by atoms with Gasteiger partial charge in [-0.25, -0.2) is 0 Å². The molecule has 2 rings (SSSR count). The van der Waals surface area contributed by atoms with Crippen molar-refractivity contribution in [2.45, 2.75) is 44.2 Å². The summed E-state index contributed by atoms with van der Waals surface area (Å²) in [5.74, 6) is 0.687. The fourth-order valence-electron chi connectivity index (χ4n) is 3.39. The summed E-state index contributed by atoms with van der Waals surface area (Å²) in [7, 11) is 2.11. The second kappa shape index (κ2) is 6.39. The largest absolute Gasteiger partial charge is 0.309 e. The van der Waals surface area contributed by atoms with Crippen molar-refractivity contribution in [2.75, 3.05) is 13.6 Å². The van der Waals surface area contributed by atoms with Crippen LogP contribution in [0.2, 0.25) is 0 Å². The second-order valence-corrected chi connectivity index (χ2v) is 6.19. The summed E-state index contributed by atoms with van der Waals surface area (Å²) in [6.45, 7) is 2.90. The van der Waals surface area contributed by atoms with E-state index in [2.05, 4.69) is 24.9 Å². The summed E-state index contributed by atoms with van der Waals surface area (Å²) in [4.78, 5) is 2.29. The third-order valence-corrected chi connectivity index (χ3v) is 4.62. The lowest BCUT2D eigenvalue weighted by Gasteiger charge is -2.39. The molecule has 0 saturated heterocycles. The van der Waals surface area contributed by atoms with E-state index in [0.717, 1.165) is 5.56 Å². The average molecular weight is 271 g/mol. The molecule has 20 heavy (non-hydrogen) atoms.